The van der Waals surface area contributed by atoms with Crippen LogP contribution in [0.3, 0.4) is 0 Å². The zero-order valence-electron chi connectivity index (χ0n) is 10.6. The van der Waals surface area contributed by atoms with Crippen molar-refractivity contribution in [2.75, 3.05) is 0 Å². The van der Waals surface area contributed by atoms with Crippen molar-refractivity contribution in [3.05, 3.63) is 24.3 Å². The molecule has 82 valence electrons. The molecule has 0 spiro atoms. The van der Waals surface area contributed by atoms with Gasteiger partial charge in [-0.15, -0.1) is 0 Å². The van der Waals surface area contributed by atoms with Crippen molar-refractivity contribution in [3.8, 4) is 0 Å². The Morgan fingerprint density at radius 3 is 2.14 bits per heavy atom. The van der Waals surface area contributed by atoms with Crippen LogP contribution < -0.4 is 0 Å². The monoisotopic (exact) mass is 194 g/mol. The molecule has 0 N–H and O–H groups in total. The second-order valence-corrected chi connectivity index (χ2v) is 4.41. The van der Waals surface area contributed by atoms with Gasteiger partial charge in [0.05, 0.1) is 0 Å². The zero-order chi connectivity index (χ0) is 11.3. The van der Waals surface area contributed by atoms with E-state index in [-0.39, 0.29) is 0 Å². The topological polar surface area (TPSA) is 0 Å². The number of hydrogen-bond donors (Lipinski definition) is 0. The van der Waals surface area contributed by atoms with Crippen molar-refractivity contribution in [3.63, 3.8) is 0 Å². The van der Waals surface area contributed by atoms with Crippen molar-refractivity contribution in [1.29, 1.82) is 0 Å². The van der Waals surface area contributed by atoms with Gasteiger partial charge in [0.15, 0.2) is 0 Å². The van der Waals surface area contributed by atoms with Gasteiger partial charge in [0, 0.05) is 0 Å². The maximum absolute atomic E-state index is 4.14. The molecule has 0 aliphatic heterocycles. The first-order valence-electron chi connectivity index (χ1n) is 5.85. The number of hydrogen-bond acceptors (Lipinski definition) is 0. The fraction of sp³-hybridized carbons (Fsp3) is 0.714. The van der Waals surface area contributed by atoms with E-state index in [1.165, 1.54) is 24.0 Å². The normalized spacial score (nSPS) is 31.8. The van der Waals surface area contributed by atoms with Crippen molar-refractivity contribution < 1.29 is 0 Å². The molecule has 0 bridgehead atoms. The Labute approximate surface area is 90.1 Å². The third kappa shape index (κ3) is 3.32. The summed E-state index contributed by atoms with van der Waals surface area (Å²) in [7, 11) is 0. The lowest BCUT2D eigenvalue weighted by Crippen LogP contribution is -2.23. The van der Waals surface area contributed by atoms with Crippen molar-refractivity contribution in [2.45, 2.75) is 47.5 Å². The SMILES string of the molecule is C=C(C)C1CC(=C)C(C)C(C)C1.CC. The molecule has 0 saturated heterocycles. The first-order chi connectivity index (χ1) is 6.52. The Hall–Kier alpha value is -0.520. The molecule has 1 aliphatic carbocycles. The van der Waals surface area contributed by atoms with Crippen LogP contribution in [0, 0.1) is 17.8 Å². The standard InChI is InChI=1S/C12H20.C2H6/c1-8(2)12-6-9(3)11(5)10(4)7-12;1-2/h10-12H,1,3,6-7H2,2,4-5H3;1-2H3. The van der Waals surface area contributed by atoms with Crippen LogP contribution in [0.15, 0.2) is 24.3 Å². The van der Waals surface area contributed by atoms with Gasteiger partial charge in [-0.05, 0) is 37.5 Å². The molecular weight excluding hydrogens is 168 g/mol. The van der Waals surface area contributed by atoms with Crippen LogP contribution >= 0.6 is 0 Å². The Balaban J connectivity index is 0.000000791. The molecule has 0 aromatic rings. The van der Waals surface area contributed by atoms with Gasteiger partial charge in [0.2, 0.25) is 0 Å². The van der Waals surface area contributed by atoms with Gasteiger partial charge >= 0.3 is 0 Å². The van der Waals surface area contributed by atoms with Crippen LogP contribution in [0.1, 0.15) is 47.5 Å². The molecule has 0 heteroatoms. The molecule has 0 nitrogen and oxygen atoms in total. The lowest BCUT2D eigenvalue weighted by molar-refractivity contribution is 0.297. The average Bonchev–Trinajstić information content (AvgIpc) is 2.16. The lowest BCUT2D eigenvalue weighted by Gasteiger charge is -2.34. The van der Waals surface area contributed by atoms with Crippen molar-refractivity contribution >= 4 is 0 Å². The first-order valence-corrected chi connectivity index (χ1v) is 5.85. The number of allylic oxidation sites excluding steroid dienone is 2. The van der Waals surface area contributed by atoms with Crippen LogP contribution in [0.4, 0.5) is 0 Å². The van der Waals surface area contributed by atoms with Crippen molar-refractivity contribution in [1.82, 2.24) is 0 Å². The smallest absolute Gasteiger partial charge is 0.0169 e. The fourth-order valence-corrected chi connectivity index (χ4v) is 2.02. The molecule has 0 radical (unpaired) electrons. The van der Waals surface area contributed by atoms with Crippen molar-refractivity contribution in [2.24, 2.45) is 17.8 Å². The molecule has 0 aromatic carbocycles. The highest BCUT2D eigenvalue weighted by atomic mass is 14.3. The van der Waals surface area contributed by atoms with E-state index in [1.54, 1.807) is 0 Å². The highest BCUT2D eigenvalue weighted by Crippen LogP contribution is 2.38. The molecule has 1 fully saturated rings. The minimum absolute atomic E-state index is 0.698. The quantitative estimate of drug-likeness (QED) is 0.525. The van der Waals surface area contributed by atoms with E-state index in [0.717, 1.165) is 5.92 Å². The van der Waals surface area contributed by atoms with Crippen LogP contribution in [0.25, 0.3) is 0 Å². The Bertz CT molecular complexity index is 200. The lowest BCUT2D eigenvalue weighted by atomic mass is 9.71. The van der Waals surface area contributed by atoms with Crippen LogP contribution in [-0.4, -0.2) is 0 Å². The largest absolute Gasteiger partial charge is 0.0998 e. The molecule has 1 rings (SSSR count). The van der Waals surface area contributed by atoms with E-state index >= 15 is 0 Å². The molecular formula is C14H26. The maximum Gasteiger partial charge on any atom is -0.0169 e. The number of rotatable bonds is 1. The molecule has 14 heavy (non-hydrogen) atoms. The van der Waals surface area contributed by atoms with Crippen LogP contribution in [-0.2, 0) is 0 Å². The summed E-state index contributed by atoms with van der Waals surface area (Å²) < 4.78 is 0. The first kappa shape index (κ1) is 13.5. The summed E-state index contributed by atoms with van der Waals surface area (Å²) in [6.45, 7) is 18.9. The van der Waals surface area contributed by atoms with Crippen LogP contribution in [0.2, 0.25) is 0 Å². The minimum Gasteiger partial charge on any atom is -0.0998 e. The third-order valence-corrected chi connectivity index (χ3v) is 3.36. The van der Waals surface area contributed by atoms with E-state index in [0.29, 0.717) is 11.8 Å². The predicted octanol–water partition coefficient (Wildman–Crippen LogP) is 4.83. The van der Waals surface area contributed by atoms with Gasteiger partial charge in [-0.2, -0.15) is 0 Å². The molecule has 3 unspecified atom stereocenters. The highest BCUT2D eigenvalue weighted by Gasteiger charge is 2.27. The summed E-state index contributed by atoms with van der Waals surface area (Å²) in [5, 5.41) is 0. The minimum atomic E-state index is 0.698. The summed E-state index contributed by atoms with van der Waals surface area (Å²) in [4.78, 5) is 0. The third-order valence-electron chi connectivity index (χ3n) is 3.36. The maximum atomic E-state index is 4.14. The molecule has 0 heterocycles. The summed E-state index contributed by atoms with van der Waals surface area (Å²) in [6, 6.07) is 0. The van der Waals surface area contributed by atoms with E-state index in [2.05, 4.69) is 33.9 Å². The second kappa shape index (κ2) is 6.06. The molecule has 1 aliphatic rings. The van der Waals surface area contributed by atoms with E-state index in [4.69, 9.17) is 0 Å². The highest BCUT2D eigenvalue weighted by molar-refractivity contribution is 5.12. The molecule has 3 atom stereocenters. The molecule has 0 amide bonds. The Morgan fingerprint density at radius 2 is 1.79 bits per heavy atom. The van der Waals surface area contributed by atoms with Crippen LogP contribution in [0.5, 0.6) is 0 Å². The van der Waals surface area contributed by atoms with Gasteiger partial charge in [-0.25, -0.2) is 0 Å². The van der Waals surface area contributed by atoms with Gasteiger partial charge in [-0.1, -0.05) is 52.0 Å². The Morgan fingerprint density at radius 1 is 1.29 bits per heavy atom. The summed E-state index contributed by atoms with van der Waals surface area (Å²) >= 11 is 0. The summed E-state index contributed by atoms with van der Waals surface area (Å²) in [5.41, 5.74) is 2.75. The molecule has 0 aromatic heterocycles. The van der Waals surface area contributed by atoms with E-state index in [9.17, 15) is 0 Å². The Kier molecular flexibility index (Phi) is 5.83. The fourth-order valence-electron chi connectivity index (χ4n) is 2.02. The molecule has 1 saturated carbocycles. The summed E-state index contributed by atoms with van der Waals surface area (Å²) in [6.07, 6.45) is 2.47. The second-order valence-electron chi connectivity index (χ2n) is 4.41. The van der Waals surface area contributed by atoms with E-state index in [1.807, 2.05) is 13.8 Å². The van der Waals surface area contributed by atoms with Gasteiger partial charge in [0.25, 0.3) is 0 Å². The van der Waals surface area contributed by atoms with E-state index < -0.39 is 0 Å². The summed E-state index contributed by atoms with van der Waals surface area (Å²) in [5.74, 6) is 2.19. The van der Waals surface area contributed by atoms with Gasteiger partial charge in [-0.3, -0.25) is 0 Å². The van der Waals surface area contributed by atoms with Gasteiger partial charge < -0.3 is 0 Å². The van der Waals surface area contributed by atoms with Gasteiger partial charge in [0.1, 0.15) is 0 Å². The predicted molar refractivity (Wildman–Crippen MR) is 66.4 cm³/mol. The average molecular weight is 194 g/mol. The zero-order valence-corrected chi connectivity index (χ0v) is 10.6.